The first-order valence-corrected chi connectivity index (χ1v) is 5.41. The van der Waals surface area contributed by atoms with Crippen LogP contribution in [0.2, 0.25) is 0 Å². The highest BCUT2D eigenvalue weighted by Crippen LogP contribution is 2.20. The SMILES string of the molecule is CN(C)c1cccc(Nc2ccc(N)cn2)c1. The molecule has 0 spiro atoms. The second-order valence-electron chi connectivity index (χ2n) is 4.05. The largest absolute Gasteiger partial charge is 0.397 e. The molecule has 1 aromatic heterocycles. The third-order valence-corrected chi connectivity index (χ3v) is 2.42. The maximum atomic E-state index is 5.59. The first kappa shape index (κ1) is 11.3. The Morgan fingerprint density at radius 1 is 1.18 bits per heavy atom. The fourth-order valence-corrected chi connectivity index (χ4v) is 1.49. The maximum absolute atomic E-state index is 5.59. The molecule has 0 aliphatic heterocycles. The van der Waals surface area contributed by atoms with Crippen molar-refractivity contribution in [3.63, 3.8) is 0 Å². The number of aromatic nitrogens is 1. The van der Waals surface area contributed by atoms with Crippen molar-refractivity contribution in [2.45, 2.75) is 0 Å². The predicted molar refractivity (Wildman–Crippen MR) is 72.7 cm³/mol. The number of hydrogen-bond donors (Lipinski definition) is 2. The number of nitrogens with zero attached hydrogens (tertiary/aromatic N) is 2. The molecule has 88 valence electrons. The molecule has 4 nitrogen and oxygen atoms in total. The first-order valence-electron chi connectivity index (χ1n) is 5.41. The van der Waals surface area contributed by atoms with Gasteiger partial charge in [0, 0.05) is 25.5 Å². The van der Waals surface area contributed by atoms with E-state index >= 15 is 0 Å². The Labute approximate surface area is 101 Å². The van der Waals surface area contributed by atoms with Crippen LogP contribution in [0.25, 0.3) is 0 Å². The van der Waals surface area contributed by atoms with Crippen LogP contribution in [0.4, 0.5) is 22.9 Å². The Morgan fingerprint density at radius 2 is 2.00 bits per heavy atom. The lowest BCUT2D eigenvalue weighted by molar-refractivity contribution is 1.13. The minimum absolute atomic E-state index is 0.664. The van der Waals surface area contributed by atoms with Crippen LogP contribution < -0.4 is 16.0 Å². The molecule has 2 rings (SSSR count). The van der Waals surface area contributed by atoms with Gasteiger partial charge in [-0.05, 0) is 30.3 Å². The lowest BCUT2D eigenvalue weighted by atomic mass is 10.2. The Hall–Kier alpha value is -2.23. The third-order valence-electron chi connectivity index (χ3n) is 2.42. The molecular formula is C13H16N4. The molecule has 0 saturated heterocycles. The number of hydrogen-bond acceptors (Lipinski definition) is 4. The normalized spacial score (nSPS) is 10.0. The van der Waals surface area contributed by atoms with E-state index in [1.54, 1.807) is 6.20 Å². The molecule has 3 N–H and O–H groups in total. The first-order chi connectivity index (χ1) is 8.15. The molecule has 0 aliphatic rings. The molecule has 0 radical (unpaired) electrons. The van der Waals surface area contributed by atoms with Gasteiger partial charge in [-0.15, -0.1) is 0 Å². The summed E-state index contributed by atoms with van der Waals surface area (Å²) < 4.78 is 0. The monoisotopic (exact) mass is 228 g/mol. The quantitative estimate of drug-likeness (QED) is 0.847. The lowest BCUT2D eigenvalue weighted by Crippen LogP contribution is -2.08. The summed E-state index contributed by atoms with van der Waals surface area (Å²) in [4.78, 5) is 6.26. The molecule has 0 amide bonds. The van der Waals surface area contributed by atoms with Crippen LogP contribution in [-0.4, -0.2) is 19.1 Å². The van der Waals surface area contributed by atoms with Gasteiger partial charge in [-0.25, -0.2) is 4.98 Å². The Balaban J connectivity index is 2.18. The van der Waals surface area contributed by atoms with Crippen LogP contribution in [-0.2, 0) is 0 Å². The van der Waals surface area contributed by atoms with Gasteiger partial charge in [0.2, 0.25) is 0 Å². The molecule has 4 heteroatoms. The van der Waals surface area contributed by atoms with Crippen molar-refractivity contribution in [3.05, 3.63) is 42.6 Å². The molecule has 1 aromatic carbocycles. The van der Waals surface area contributed by atoms with Crippen LogP contribution in [0.5, 0.6) is 0 Å². The Morgan fingerprint density at radius 3 is 2.65 bits per heavy atom. The molecule has 1 heterocycles. The van der Waals surface area contributed by atoms with Gasteiger partial charge in [-0.2, -0.15) is 0 Å². The van der Waals surface area contributed by atoms with E-state index < -0.39 is 0 Å². The average Bonchev–Trinajstić information content (AvgIpc) is 2.32. The van der Waals surface area contributed by atoms with Gasteiger partial charge < -0.3 is 16.0 Å². The van der Waals surface area contributed by atoms with Crippen molar-refractivity contribution >= 4 is 22.9 Å². The summed E-state index contributed by atoms with van der Waals surface area (Å²) in [6.45, 7) is 0. The highest BCUT2D eigenvalue weighted by Gasteiger charge is 1.99. The zero-order chi connectivity index (χ0) is 12.3. The minimum atomic E-state index is 0.664. The molecule has 2 aromatic rings. The van der Waals surface area contributed by atoms with Crippen molar-refractivity contribution in [2.75, 3.05) is 30.0 Å². The van der Waals surface area contributed by atoms with Gasteiger partial charge in [0.1, 0.15) is 5.82 Å². The van der Waals surface area contributed by atoms with E-state index in [0.29, 0.717) is 5.69 Å². The van der Waals surface area contributed by atoms with Gasteiger partial charge in [0.15, 0.2) is 0 Å². The standard InChI is InChI=1S/C13H16N4/c1-17(2)12-5-3-4-11(8-12)16-13-7-6-10(14)9-15-13/h3-9H,14H2,1-2H3,(H,15,16). The molecule has 0 fully saturated rings. The highest BCUT2D eigenvalue weighted by atomic mass is 15.1. The number of nitrogens with two attached hydrogens (primary N) is 1. The second kappa shape index (κ2) is 4.74. The summed E-state index contributed by atoms with van der Waals surface area (Å²) >= 11 is 0. The molecule has 0 aliphatic carbocycles. The Kier molecular flexibility index (Phi) is 3.14. The molecule has 17 heavy (non-hydrogen) atoms. The summed E-state index contributed by atoms with van der Waals surface area (Å²) in [5.74, 6) is 0.787. The van der Waals surface area contributed by atoms with Crippen LogP contribution >= 0.6 is 0 Å². The average molecular weight is 228 g/mol. The van der Waals surface area contributed by atoms with Gasteiger partial charge in [0.25, 0.3) is 0 Å². The van der Waals surface area contributed by atoms with Gasteiger partial charge in [-0.1, -0.05) is 6.07 Å². The van der Waals surface area contributed by atoms with E-state index in [2.05, 4.69) is 27.3 Å². The van der Waals surface area contributed by atoms with Crippen LogP contribution in [0.1, 0.15) is 0 Å². The van der Waals surface area contributed by atoms with Gasteiger partial charge in [-0.3, -0.25) is 0 Å². The second-order valence-corrected chi connectivity index (χ2v) is 4.05. The Bertz CT molecular complexity index is 491. The van der Waals surface area contributed by atoms with Gasteiger partial charge in [0.05, 0.1) is 11.9 Å². The smallest absolute Gasteiger partial charge is 0.130 e. The van der Waals surface area contributed by atoms with Crippen LogP contribution in [0.3, 0.4) is 0 Å². The summed E-state index contributed by atoms with van der Waals surface area (Å²) in [5, 5.41) is 3.23. The minimum Gasteiger partial charge on any atom is -0.397 e. The number of rotatable bonds is 3. The van der Waals surface area contributed by atoms with Crippen LogP contribution in [0.15, 0.2) is 42.6 Å². The fraction of sp³-hybridized carbons (Fsp3) is 0.154. The number of nitrogens with one attached hydrogen (secondary N) is 1. The molecule has 0 atom stereocenters. The van der Waals surface area contributed by atoms with Crippen molar-refractivity contribution in [3.8, 4) is 0 Å². The highest BCUT2D eigenvalue weighted by molar-refractivity contribution is 5.63. The summed E-state index contributed by atoms with van der Waals surface area (Å²) in [5.41, 5.74) is 8.40. The number of anilines is 4. The van der Waals surface area contributed by atoms with Crippen molar-refractivity contribution in [1.82, 2.24) is 4.98 Å². The van der Waals surface area contributed by atoms with E-state index in [-0.39, 0.29) is 0 Å². The maximum Gasteiger partial charge on any atom is 0.130 e. The van der Waals surface area contributed by atoms with E-state index in [0.717, 1.165) is 17.2 Å². The van der Waals surface area contributed by atoms with E-state index in [4.69, 9.17) is 5.73 Å². The summed E-state index contributed by atoms with van der Waals surface area (Å²) in [6, 6.07) is 11.8. The van der Waals surface area contributed by atoms with Crippen molar-refractivity contribution < 1.29 is 0 Å². The van der Waals surface area contributed by atoms with E-state index in [9.17, 15) is 0 Å². The summed E-state index contributed by atoms with van der Waals surface area (Å²) in [6.07, 6.45) is 1.64. The number of pyridine rings is 1. The third kappa shape index (κ3) is 2.87. The topological polar surface area (TPSA) is 54.2 Å². The van der Waals surface area contributed by atoms with E-state index in [1.165, 1.54) is 0 Å². The molecule has 0 bridgehead atoms. The fourth-order valence-electron chi connectivity index (χ4n) is 1.49. The predicted octanol–water partition coefficient (Wildman–Crippen LogP) is 2.47. The zero-order valence-electron chi connectivity index (χ0n) is 10.0. The van der Waals surface area contributed by atoms with Crippen LogP contribution in [0, 0.1) is 0 Å². The number of benzene rings is 1. The van der Waals surface area contributed by atoms with Crippen molar-refractivity contribution in [1.29, 1.82) is 0 Å². The molecule has 0 unspecified atom stereocenters. The summed E-state index contributed by atoms with van der Waals surface area (Å²) in [7, 11) is 4.03. The molecular weight excluding hydrogens is 212 g/mol. The zero-order valence-corrected chi connectivity index (χ0v) is 10.0. The number of nitrogen functional groups attached to an aromatic ring is 1. The molecule has 0 saturated carbocycles. The lowest BCUT2D eigenvalue weighted by Gasteiger charge is -2.14. The van der Waals surface area contributed by atoms with Gasteiger partial charge >= 0.3 is 0 Å². The van der Waals surface area contributed by atoms with Crippen molar-refractivity contribution in [2.24, 2.45) is 0 Å². The van der Waals surface area contributed by atoms with E-state index in [1.807, 2.05) is 38.4 Å².